The monoisotopic (exact) mass is 401 g/mol. The number of rotatable bonds is 5. The minimum Gasteiger partial charge on any atom is -0.361 e. The maximum absolute atomic E-state index is 12.8. The molecular formula is C24H27N5O. The molecule has 1 atom stereocenters. The van der Waals surface area contributed by atoms with Crippen molar-refractivity contribution in [1.29, 1.82) is 0 Å². The Morgan fingerprint density at radius 2 is 2.00 bits per heavy atom. The first kappa shape index (κ1) is 18.9. The molecule has 0 bridgehead atoms. The standard InChI is InChI=1S/C24H27N5O/c1-16(23-27-21-4-2-3-5-22(21)28-23)26-24(30)18-9-12-29(13-10-18)15-17-6-7-20-19(14-17)8-11-25-20/h2-8,11,14,16,18,25H,9-10,12-13,15H2,1H3,(H,26,30)(H,27,28). The van der Waals surface area contributed by atoms with Gasteiger partial charge in [-0.25, -0.2) is 4.98 Å². The van der Waals surface area contributed by atoms with Crippen molar-refractivity contribution in [3.05, 3.63) is 66.1 Å². The van der Waals surface area contributed by atoms with Crippen LogP contribution in [-0.2, 0) is 11.3 Å². The van der Waals surface area contributed by atoms with Crippen molar-refractivity contribution in [3.8, 4) is 0 Å². The molecule has 1 fully saturated rings. The van der Waals surface area contributed by atoms with Crippen LogP contribution >= 0.6 is 0 Å². The Hall–Kier alpha value is -3.12. The molecular weight excluding hydrogens is 374 g/mol. The molecule has 3 N–H and O–H groups in total. The number of para-hydroxylation sites is 2. The van der Waals surface area contributed by atoms with Crippen molar-refractivity contribution in [3.63, 3.8) is 0 Å². The smallest absolute Gasteiger partial charge is 0.223 e. The van der Waals surface area contributed by atoms with E-state index < -0.39 is 0 Å². The van der Waals surface area contributed by atoms with Crippen LogP contribution in [0.15, 0.2) is 54.7 Å². The molecule has 3 heterocycles. The molecule has 6 heteroatoms. The minimum atomic E-state index is -0.129. The molecule has 2 aromatic carbocycles. The van der Waals surface area contributed by atoms with Crippen LogP contribution in [0.4, 0.5) is 0 Å². The lowest BCUT2D eigenvalue weighted by atomic mass is 9.95. The van der Waals surface area contributed by atoms with Gasteiger partial charge in [-0.3, -0.25) is 9.69 Å². The van der Waals surface area contributed by atoms with Crippen molar-refractivity contribution in [2.75, 3.05) is 13.1 Å². The lowest BCUT2D eigenvalue weighted by Crippen LogP contribution is -2.41. The third-order valence-electron chi connectivity index (χ3n) is 6.16. The largest absolute Gasteiger partial charge is 0.361 e. The number of imidazole rings is 1. The average Bonchev–Trinajstić information content (AvgIpc) is 3.40. The van der Waals surface area contributed by atoms with E-state index in [1.54, 1.807) is 0 Å². The first-order valence-corrected chi connectivity index (χ1v) is 10.7. The van der Waals surface area contributed by atoms with E-state index in [2.05, 4.69) is 49.4 Å². The second-order valence-corrected chi connectivity index (χ2v) is 8.32. The summed E-state index contributed by atoms with van der Waals surface area (Å²) in [6.45, 7) is 4.82. The second-order valence-electron chi connectivity index (χ2n) is 8.32. The van der Waals surface area contributed by atoms with E-state index in [1.165, 1.54) is 16.5 Å². The van der Waals surface area contributed by atoms with E-state index >= 15 is 0 Å². The fourth-order valence-corrected chi connectivity index (χ4v) is 4.39. The zero-order valence-corrected chi connectivity index (χ0v) is 17.2. The summed E-state index contributed by atoms with van der Waals surface area (Å²) in [6, 6.07) is 16.5. The van der Waals surface area contributed by atoms with E-state index in [9.17, 15) is 4.79 Å². The number of likely N-dealkylation sites (tertiary alicyclic amines) is 1. The Morgan fingerprint density at radius 1 is 1.17 bits per heavy atom. The number of nitrogens with one attached hydrogen (secondary N) is 3. The Kier molecular flexibility index (Phi) is 5.01. The number of fused-ring (bicyclic) bond motifs is 2. The highest BCUT2D eigenvalue weighted by atomic mass is 16.2. The van der Waals surface area contributed by atoms with Gasteiger partial charge in [0, 0.05) is 24.2 Å². The maximum atomic E-state index is 12.8. The summed E-state index contributed by atoms with van der Waals surface area (Å²) in [7, 11) is 0. The molecule has 154 valence electrons. The zero-order chi connectivity index (χ0) is 20.5. The Bertz CT molecular complexity index is 1140. The summed E-state index contributed by atoms with van der Waals surface area (Å²) >= 11 is 0. The van der Waals surface area contributed by atoms with Gasteiger partial charge >= 0.3 is 0 Å². The lowest BCUT2D eigenvalue weighted by Gasteiger charge is -2.31. The summed E-state index contributed by atoms with van der Waals surface area (Å²) in [6.07, 6.45) is 3.76. The second kappa shape index (κ2) is 7.95. The van der Waals surface area contributed by atoms with Crippen molar-refractivity contribution in [2.45, 2.75) is 32.4 Å². The minimum absolute atomic E-state index is 0.0697. The normalized spacial score (nSPS) is 16.8. The highest BCUT2D eigenvalue weighted by Gasteiger charge is 2.26. The van der Waals surface area contributed by atoms with E-state index in [0.717, 1.165) is 49.3 Å². The number of hydrogen-bond donors (Lipinski definition) is 3. The number of carbonyl (C=O) groups is 1. The summed E-state index contributed by atoms with van der Waals surface area (Å²) in [5.41, 5.74) is 4.43. The first-order chi connectivity index (χ1) is 14.7. The molecule has 1 unspecified atom stereocenters. The summed E-state index contributed by atoms with van der Waals surface area (Å²) in [5, 5.41) is 4.41. The number of amides is 1. The third-order valence-corrected chi connectivity index (χ3v) is 6.16. The number of benzene rings is 2. The highest BCUT2D eigenvalue weighted by Crippen LogP contribution is 2.22. The molecule has 5 rings (SSSR count). The quantitative estimate of drug-likeness (QED) is 0.470. The molecule has 6 nitrogen and oxygen atoms in total. The predicted octanol–water partition coefficient (Wildman–Crippen LogP) is 4.13. The van der Waals surface area contributed by atoms with Crippen LogP contribution in [0, 0.1) is 5.92 Å². The van der Waals surface area contributed by atoms with Crippen LogP contribution in [0.3, 0.4) is 0 Å². The van der Waals surface area contributed by atoms with Crippen molar-refractivity contribution >= 4 is 27.8 Å². The van der Waals surface area contributed by atoms with Gasteiger partial charge in [0.1, 0.15) is 5.82 Å². The summed E-state index contributed by atoms with van der Waals surface area (Å²) < 4.78 is 0. The van der Waals surface area contributed by atoms with Crippen LogP contribution in [0.2, 0.25) is 0 Å². The van der Waals surface area contributed by atoms with Crippen LogP contribution in [0.25, 0.3) is 21.9 Å². The van der Waals surface area contributed by atoms with E-state index in [1.807, 2.05) is 37.4 Å². The highest BCUT2D eigenvalue weighted by molar-refractivity contribution is 5.80. The number of aromatic amines is 2. The first-order valence-electron chi connectivity index (χ1n) is 10.7. The molecule has 1 saturated heterocycles. The van der Waals surface area contributed by atoms with Gasteiger partial charge in [0.15, 0.2) is 0 Å². The van der Waals surface area contributed by atoms with Crippen LogP contribution in [-0.4, -0.2) is 38.8 Å². The molecule has 4 aromatic rings. The molecule has 30 heavy (non-hydrogen) atoms. The lowest BCUT2D eigenvalue weighted by molar-refractivity contribution is -0.127. The topological polar surface area (TPSA) is 76.8 Å². The van der Waals surface area contributed by atoms with E-state index in [4.69, 9.17) is 0 Å². The molecule has 1 aliphatic heterocycles. The average molecular weight is 402 g/mol. The third kappa shape index (κ3) is 3.83. The van der Waals surface area contributed by atoms with Gasteiger partial charge in [-0.1, -0.05) is 18.2 Å². The molecule has 1 aliphatic rings. The maximum Gasteiger partial charge on any atom is 0.223 e. The predicted molar refractivity (Wildman–Crippen MR) is 119 cm³/mol. The van der Waals surface area contributed by atoms with Gasteiger partial charge in [-0.05, 0) is 74.1 Å². The summed E-state index contributed by atoms with van der Waals surface area (Å²) in [5.74, 6) is 1.01. The molecule has 0 radical (unpaired) electrons. The molecule has 0 saturated carbocycles. The molecule has 0 spiro atoms. The Labute approximate surface area is 175 Å². The SMILES string of the molecule is CC(NC(=O)C1CCN(Cc2ccc3[nH]ccc3c2)CC1)c1nc2ccccc2[nH]1. The number of piperidine rings is 1. The molecule has 2 aromatic heterocycles. The number of hydrogen-bond acceptors (Lipinski definition) is 3. The van der Waals surface area contributed by atoms with Crippen LogP contribution in [0.1, 0.15) is 37.2 Å². The fourth-order valence-electron chi connectivity index (χ4n) is 4.39. The zero-order valence-electron chi connectivity index (χ0n) is 17.2. The van der Waals surface area contributed by atoms with Crippen LogP contribution in [0.5, 0.6) is 0 Å². The van der Waals surface area contributed by atoms with Gasteiger partial charge in [-0.2, -0.15) is 0 Å². The van der Waals surface area contributed by atoms with E-state index in [0.29, 0.717) is 0 Å². The number of aromatic nitrogens is 3. The van der Waals surface area contributed by atoms with Gasteiger partial charge in [0.05, 0.1) is 17.1 Å². The number of H-pyrrole nitrogens is 2. The Morgan fingerprint density at radius 3 is 2.83 bits per heavy atom. The fraction of sp³-hybridized carbons (Fsp3) is 0.333. The number of nitrogens with zero attached hydrogens (tertiary/aromatic N) is 2. The molecule has 1 amide bonds. The van der Waals surface area contributed by atoms with Gasteiger partial charge in [-0.15, -0.1) is 0 Å². The van der Waals surface area contributed by atoms with Crippen LogP contribution < -0.4 is 5.32 Å². The van der Waals surface area contributed by atoms with Gasteiger partial charge < -0.3 is 15.3 Å². The number of carbonyl (C=O) groups excluding carboxylic acids is 1. The van der Waals surface area contributed by atoms with Gasteiger partial charge in [0.2, 0.25) is 5.91 Å². The van der Waals surface area contributed by atoms with Crippen molar-refractivity contribution in [2.24, 2.45) is 5.92 Å². The van der Waals surface area contributed by atoms with Gasteiger partial charge in [0.25, 0.3) is 0 Å². The molecule has 0 aliphatic carbocycles. The summed E-state index contributed by atoms with van der Waals surface area (Å²) in [4.78, 5) is 26.4. The van der Waals surface area contributed by atoms with Crippen molar-refractivity contribution in [1.82, 2.24) is 25.2 Å². The Balaban J connectivity index is 1.15. The van der Waals surface area contributed by atoms with Crippen molar-refractivity contribution < 1.29 is 4.79 Å². The van der Waals surface area contributed by atoms with E-state index in [-0.39, 0.29) is 17.9 Å².